The number of hydrogen-bond acceptors (Lipinski definition) is 4. The van der Waals surface area contributed by atoms with Gasteiger partial charge in [-0.1, -0.05) is 6.07 Å². The predicted octanol–water partition coefficient (Wildman–Crippen LogP) is 0.768. The number of carbonyl (C=O) groups excluding carboxylic acids is 2. The lowest BCUT2D eigenvalue weighted by Crippen LogP contribution is -2.50. The Kier molecular flexibility index (Phi) is 5.34. The molecule has 3 heterocycles. The Morgan fingerprint density at radius 2 is 2.12 bits per heavy atom. The molecule has 1 aromatic heterocycles. The summed E-state index contributed by atoms with van der Waals surface area (Å²) in [5.41, 5.74) is 0.918. The third-order valence-electron chi connectivity index (χ3n) is 5.19. The minimum Gasteiger partial charge on any atom is -0.340 e. The maximum Gasteiger partial charge on any atom is 0.228 e. The molecule has 2 amide bonds. The molecule has 6 nitrogen and oxygen atoms in total. The van der Waals surface area contributed by atoms with Gasteiger partial charge in [-0.3, -0.25) is 19.5 Å². The first-order chi connectivity index (χ1) is 12.1. The lowest BCUT2D eigenvalue weighted by molar-refractivity contribution is -0.138. The van der Waals surface area contributed by atoms with E-state index in [1.807, 2.05) is 17.0 Å². The molecule has 0 saturated carbocycles. The summed E-state index contributed by atoms with van der Waals surface area (Å²) >= 11 is 0. The van der Waals surface area contributed by atoms with Crippen LogP contribution in [0.2, 0.25) is 0 Å². The first-order valence-corrected chi connectivity index (χ1v) is 8.72. The fourth-order valence-electron chi connectivity index (χ4n) is 3.75. The molecule has 0 aromatic carbocycles. The monoisotopic (exact) mass is 340 g/mol. The number of aromatic nitrogens is 1. The number of terminal acetylenes is 1. The largest absolute Gasteiger partial charge is 0.340 e. The molecular weight excluding hydrogens is 316 g/mol. The van der Waals surface area contributed by atoms with Crippen molar-refractivity contribution in [1.29, 1.82) is 0 Å². The number of piperazine rings is 1. The summed E-state index contributed by atoms with van der Waals surface area (Å²) in [5.74, 6) is 2.41. The van der Waals surface area contributed by atoms with Crippen LogP contribution < -0.4 is 0 Å². The normalized spacial score (nSPS) is 24.4. The van der Waals surface area contributed by atoms with E-state index in [1.165, 1.54) is 0 Å². The highest BCUT2D eigenvalue weighted by Gasteiger charge is 2.44. The van der Waals surface area contributed by atoms with Crippen LogP contribution in [0, 0.1) is 18.3 Å². The Bertz CT molecular complexity index is 662. The van der Waals surface area contributed by atoms with Gasteiger partial charge in [-0.15, -0.1) is 12.3 Å². The van der Waals surface area contributed by atoms with E-state index in [-0.39, 0.29) is 30.2 Å². The third kappa shape index (κ3) is 3.67. The summed E-state index contributed by atoms with van der Waals surface area (Å²) in [6.45, 7) is 3.93. The van der Waals surface area contributed by atoms with E-state index in [1.54, 1.807) is 24.3 Å². The van der Waals surface area contributed by atoms with E-state index in [9.17, 15) is 9.59 Å². The number of carbonyl (C=O) groups is 2. The third-order valence-corrected chi connectivity index (χ3v) is 5.19. The van der Waals surface area contributed by atoms with Crippen LogP contribution in [0.3, 0.4) is 0 Å². The van der Waals surface area contributed by atoms with E-state index in [0.29, 0.717) is 13.1 Å². The molecule has 2 atom stereocenters. The maximum atomic E-state index is 13.1. The van der Waals surface area contributed by atoms with Gasteiger partial charge in [-0.25, -0.2) is 0 Å². The quantitative estimate of drug-likeness (QED) is 0.760. The molecule has 2 saturated heterocycles. The molecule has 2 aliphatic rings. The summed E-state index contributed by atoms with van der Waals surface area (Å²) < 4.78 is 0. The minimum atomic E-state index is -0.334. The molecule has 25 heavy (non-hydrogen) atoms. The van der Waals surface area contributed by atoms with Gasteiger partial charge in [0.05, 0.1) is 12.0 Å². The van der Waals surface area contributed by atoms with Gasteiger partial charge in [-0.2, -0.15) is 0 Å². The number of amides is 2. The Hall–Kier alpha value is -2.39. The van der Waals surface area contributed by atoms with Crippen LogP contribution in [0.1, 0.15) is 24.4 Å². The van der Waals surface area contributed by atoms with Crippen molar-refractivity contribution in [2.24, 2.45) is 5.92 Å². The molecule has 0 bridgehead atoms. The van der Waals surface area contributed by atoms with Gasteiger partial charge in [0.15, 0.2) is 0 Å². The van der Waals surface area contributed by atoms with Gasteiger partial charge in [0.25, 0.3) is 0 Å². The first-order valence-electron chi connectivity index (χ1n) is 8.72. The molecule has 2 aliphatic heterocycles. The van der Waals surface area contributed by atoms with Gasteiger partial charge < -0.3 is 9.80 Å². The molecule has 0 unspecified atom stereocenters. The number of likely N-dealkylation sites (tertiary alicyclic amines) is 1. The fourth-order valence-corrected chi connectivity index (χ4v) is 3.75. The van der Waals surface area contributed by atoms with Crippen molar-refractivity contribution in [1.82, 2.24) is 19.7 Å². The summed E-state index contributed by atoms with van der Waals surface area (Å²) in [4.78, 5) is 35.3. The van der Waals surface area contributed by atoms with E-state index in [0.717, 1.165) is 31.6 Å². The zero-order valence-electron chi connectivity index (χ0n) is 14.6. The second kappa shape index (κ2) is 7.66. The van der Waals surface area contributed by atoms with E-state index in [2.05, 4.69) is 15.8 Å². The number of rotatable bonds is 4. The van der Waals surface area contributed by atoms with Crippen molar-refractivity contribution in [3.63, 3.8) is 0 Å². The van der Waals surface area contributed by atoms with Crippen LogP contribution in [-0.2, 0) is 9.59 Å². The fraction of sp³-hybridized carbons (Fsp3) is 0.526. The number of nitrogens with zero attached hydrogens (tertiary/aromatic N) is 4. The predicted molar refractivity (Wildman–Crippen MR) is 94.3 cm³/mol. The average Bonchev–Trinajstić information content (AvgIpc) is 2.95. The molecule has 0 spiro atoms. The molecule has 0 aliphatic carbocycles. The molecular formula is C19H24N4O2. The SMILES string of the molecule is C#CCCN1CCN(C(=O)[C@@H]2CC(=O)N(C)[C@H]2c2cccnc2)CC1. The lowest BCUT2D eigenvalue weighted by Gasteiger charge is -2.36. The van der Waals surface area contributed by atoms with Crippen molar-refractivity contribution >= 4 is 11.8 Å². The summed E-state index contributed by atoms with van der Waals surface area (Å²) in [6, 6.07) is 3.55. The standard InChI is InChI=1S/C19H24N4O2/c1-3-4-8-22-9-11-23(12-10-22)19(25)16-13-17(24)21(2)18(16)15-6-5-7-20-14-15/h1,5-7,14,16,18H,4,8-13H2,2H3/t16-,18+/m1/s1. The highest BCUT2D eigenvalue weighted by atomic mass is 16.2. The Balaban J connectivity index is 1.69. The van der Waals surface area contributed by atoms with Crippen LogP contribution >= 0.6 is 0 Å². The van der Waals surface area contributed by atoms with Crippen molar-refractivity contribution in [2.75, 3.05) is 39.8 Å². The maximum absolute atomic E-state index is 13.1. The van der Waals surface area contributed by atoms with E-state index in [4.69, 9.17) is 6.42 Å². The van der Waals surface area contributed by atoms with Gasteiger partial charge in [0, 0.05) is 65.0 Å². The van der Waals surface area contributed by atoms with Crippen LogP contribution in [0.15, 0.2) is 24.5 Å². The van der Waals surface area contributed by atoms with Crippen LogP contribution in [0.25, 0.3) is 0 Å². The average molecular weight is 340 g/mol. The second-order valence-corrected chi connectivity index (χ2v) is 6.67. The molecule has 3 rings (SSSR count). The van der Waals surface area contributed by atoms with Crippen LogP contribution in [0.4, 0.5) is 0 Å². The zero-order chi connectivity index (χ0) is 17.8. The smallest absolute Gasteiger partial charge is 0.228 e. The molecule has 0 radical (unpaired) electrons. The van der Waals surface area contributed by atoms with Gasteiger partial charge in [0.1, 0.15) is 0 Å². The molecule has 6 heteroatoms. The van der Waals surface area contributed by atoms with Crippen LogP contribution in [-0.4, -0.2) is 71.3 Å². The second-order valence-electron chi connectivity index (χ2n) is 6.67. The van der Waals surface area contributed by atoms with Crippen molar-refractivity contribution in [3.8, 4) is 12.3 Å². The van der Waals surface area contributed by atoms with Crippen molar-refractivity contribution in [2.45, 2.75) is 18.9 Å². The van der Waals surface area contributed by atoms with Gasteiger partial charge >= 0.3 is 0 Å². The summed E-state index contributed by atoms with van der Waals surface area (Å²) in [7, 11) is 1.77. The molecule has 1 aromatic rings. The zero-order valence-corrected chi connectivity index (χ0v) is 14.6. The topological polar surface area (TPSA) is 56.8 Å². The number of pyridine rings is 1. The van der Waals surface area contributed by atoms with Crippen LogP contribution in [0.5, 0.6) is 0 Å². The van der Waals surface area contributed by atoms with Crippen molar-refractivity contribution < 1.29 is 9.59 Å². The number of hydrogen-bond donors (Lipinski definition) is 0. The Labute approximate surface area is 148 Å². The highest BCUT2D eigenvalue weighted by molar-refractivity contribution is 5.90. The van der Waals surface area contributed by atoms with Gasteiger partial charge in [0.2, 0.25) is 11.8 Å². The molecule has 2 fully saturated rings. The van der Waals surface area contributed by atoms with E-state index < -0.39 is 0 Å². The summed E-state index contributed by atoms with van der Waals surface area (Å²) in [5, 5.41) is 0. The Morgan fingerprint density at radius 3 is 2.76 bits per heavy atom. The Morgan fingerprint density at radius 1 is 1.36 bits per heavy atom. The first kappa shape index (κ1) is 17.4. The summed E-state index contributed by atoms with van der Waals surface area (Å²) in [6.07, 6.45) is 9.77. The minimum absolute atomic E-state index is 0.0138. The highest BCUT2D eigenvalue weighted by Crippen LogP contribution is 2.37. The van der Waals surface area contributed by atoms with Crippen molar-refractivity contribution in [3.05, 3.63) is 30.1 Å². The van der Waals surface area contributed by atoms with E-state index >= 15 is 0 Å². The molecule has 132 valence electrons. The van der Waals surface area contributed by atoms with Gasteiger partial charge in [-0.05, 0) is 11.6 Å². The lowest BCUT2D eigenvalue weighted by atomic mass is 9.93. The molecule has 0 N–H and O–H groups in total.